The molecule has 3 rings (SSSR count). The van der Waals surface area contributed by atoms with Gasteiger partial charge < -0.3 is 0 Å². The fraction of sp³-hybridized carbons (Fsp3) is 0.333. The Morgan fingerprint density at radius 3 is 2.41 bits per heavy atom. The average molecular weight is 342 g/mol. The molecule has 0 unspecified atom stereocenters. The van der Waals surface area contributed by atoms with Crippen molar-refractivity contribution in [3.8, 4) is 0 Å². The molecule has 1 aliphatic carbocycles. The minimum Gasteiger partial charge on any atom is -0.293 e. The molecule has 0 atom stereocenters. The molecule has 1 saturated heterocycles. The summed E-state index contributed by atoms with van der Waals surface area (Å²) in [6.07, 6.45) is 1.76. The molecule has 88 valence electrons. The van der Waals surface area contributed by atoms with Crippen molar-refractivity contribution >= 4 is 40.2 Å². The van der Waals surface area contributed by atoms with Crippen molar-refractivity contribution in [3.63, 3.8) is 0 Å². The topological polar surface area (TPSA) is 49.4 Å². The number of nitrogens with zero attached hydrogens (tertiary/aromatic N) is 1. The molecule has 4 nitrogen and oxygen atoms in total. The van der Waals surface area contributed by atoms with Crippen LogP contribution >= 0.6 is 22.6 Å². The summed E-state index contributed by atoms with van der Waals surface area (Å²) in [4.78, 5) is 25.1. The van der Waals surface area contributed by atoms with E-state index < -0.39 is 0 Å². The summed E-state index contributed by atoms with van der Waals surface area (Å²) in [6.45, 7) is 0.512. The van der Waals surface area contributed by atoms with Crippen LogP contribution in [0.5, 0.6) is 0 Å². The summed E-state index contributed by atoms with van der Waals surface area (Å²) in [5.74, 6) is -0.107. The van der Waals surface area contributed by atoms with E-state index in [9.17, 15) is 9.59 Å². The van der Waals surface area contributed by atoms with Crippen LogP contribution in [-0.2, 0) is 4.79 Å². The number of anilines is 1. The Hall–Kier alpha value is -1.11. The van der Waals surface area contributed by atoms with Crippen LogP contribution in [-0.4, -0.2) is 18.5 Å². The Kier molecular flexibility index (Phi) is 2.39. The average Bonchev–Trinajstić information content (AvgIpc) is 3.07. The molecule has 2 aliphatic rings. The van der Waals surface area contributed by atoms with Gasteiger partial charge in [0, 0.05) is 15.8 Å². The van der Waals surface area contributed by atoms with Crippen LogP contribution in [0.2, 0.25) is 0 Å². The van der Waals surface area contributed by atoms with Gasteiger partial charge in [0.15, 0.2) is 0 Å². The Balaban J connectivity index is 1.90. The van der Waals surface area contributed by atoms with Gasteiger partial charge in [-0.1, -0.05) is 0 Å². The Bertz CT molecular complexity index is 494. The SMILES string of the molecule is O=C1NC(=O)C2(CC2)CN1c1ccc(I)cc1. The van der Waals surface area contributed by atoms with Gasteiger partial charge in [-0.3, -0.25) is 15.0 Å². The number of carbonyl (C=O) groups is 2. The van der Waals surface area contributed by atoms with Crippen molar-refractivity contribution in [2.45, 2.75) is 12.8 Å². The molecule has 0 bridgehead atoms. The minimum atomic E-state index is -0.311. The third kappa shape index (κ3) is 1.82. The van der Waals surface area contributed by atoms with Gasteiger partial charge in [0.1, 0.15) is 0 Å². The molecule has 1 heterocycles. The monoisotopic (exact) mass is 342 g/mol. The largest absolute Gasteiger partial charge is 0.328 e. The lowest BCUT2D eigenvalue weighted by molar-refractivity contribution is -0.125. The number of urea groups is 1. The third-order valence-electron chi connectivity index (χ3n) is 3.40. The van der Waals surface area contributed by atoms with Crippen molar-refractivity contribution in [2.24, 2.45) is 5.41 Å². The summed E-state index contributed by atoms with van der Waals surface area (Å²) >= 11 is 2.22. The van der Waals surface area contributed by atoms with E-state index in [-0.39, 0.29) is 17.4 Å². The number of halogens is 1. The highest BCUT2D eigenvalue weighted by Gasteiger charge is 2.55. The van der Waals surface area contributed by atoms with E-state index in [0.717, 1.165) is 22.1 Å². The molecule has 1 spiro atoms. The number of imide groups is 1. The van der Waals surface area contributed by atoms with Gasteiger partial charge in [-0.05, 0) is 59.7 Å². The van der Waals surface area contributed by atoms with Crippen LogP contribution in [0, 0.1) is 8.99 Å². The first-order valence-corrected chi connectivity index (χ1v) is 6.57. The lowest BCUT2D eigenvalue weighted by Gasteiger charge is -2.32. The number of amides is 3. The van der Waals surface area contributed by atoms with Crippen LogP contribution in [0.3, 0.4) is 0 Å². The van der Waals surface area contributed by atoms with E-state index in [2.05, 4.69) is 27.9 Å². The number of hydrogen-bond acceptors (Lipinski definition) is 2. The molecular formula is C12H11IN2O2. The van der Waals surface area contributed by atoms with Crippen LogP contribution in [0.4, 0.5) is 10.5 Å². The number of nitrogens with one attached hydrogen (secondary N) is 1. The Morgan fingerprint density at radius 1 is 1.18 bits per heavy atom. The van der Waals surface area contributed by atoms with Crippen molar-refractivity contribution in [2.75, 3.05) is 11.4 Å². The summed E-state index contributed by atoms with van der Waals surface area (Å²) < 4.78 is 1.13. The highest BCUT2D eigenvalue weighted by Crippen LogP contribution is 2.48. The first-order valence-electron chi connectivity index (χ1n) is 5.49. The predicted molar refractivity (Wildman–Crippen MR) is 71.7 cm³/mol. The first kappa shape index (κ1) is 11.0. The number of hydrogen-bond donors (Lipinski definition) is 1. The molecule has 17 heavy (non-hydrogen) atoms. The maximum Gasteiger partial charge on any atom is 0.328 e. The second-order valence-electron chi connectivity index (χ2n) is 4.60. The summed E-state index contributed by atoms with van der Waals surface area (Å²) in [6, 6.07) is 7.42. The standard InChI is InChI=1S/C12H11IN2O2/c13-8-1-3-9(4-2-8)15-7-12(5-6-12)10(16)14-11(15)17/h1-4H,5-7H2,(H,14,16,17). The fourth-order valence-electron chi connectivity index (χ4n) is 2.11. The molecule has 2 fully saturated rings. The molecule has 5 heteroatoms. The van der Waals surface area contributed by atoms with Gasteiger partial charge in [-0.2, -0.15) is 0 Å². The zero-order chi connectivity index (χ0) is 12.0. The maximum absolute atomic E-state index is 11.8. The lowest BCUT2D eigenvalue weighted by atomic mass is 10.0. The smallest absolute Gasteiger partial charge is 0.293 e. The highest BCUT2D eigenvalue weighted by atomic mass is 127. The van der Waals surface area contributed by atoms with Crippen LogP contribution in [0.15, 0.2) is 24.3 Å². The molecule has 3 amide bonds. The number of rotatable bonds is 1. The van der Waals surface area contributed by atoms with Crippen molar-refractivity contribution in [3.05, 3.63) is 27.8 Å². The normalized spacial score (nSPS) is 21.6. The molecule has 1 aromatic rings. The molecule has 0 radical (unpaired) electrons. The Morgan fingerprint density at radius 2 is 1.82 bits per heavy atom. The van der Waals surface area contributed by atoms with E-state index >= 15 is 0 Å². The molecule has 1 N–H and O–H groups in total. The molecule has 1 aliphatic heterocycles. The predicted octanol–water partition coefficient (Wildman–Crippen LogP) is 2.13. The summed E-state index contributed by atoms with van der Waals surface area (Å²) in [5.41, 5.74) is 0.540. The van der Waals surface area contributed by atoms with Crippen molar-refractivity contribution in [1.29, 1.82) is 0 Å². The third-order valence-corrected chi connectivity index (χ3v) is 4.12. The van der Waals surface area contributed by atoms with Crippen molar-refractivity contribution < 1.29 is 9.59 Å². The van der Waals surface area contributed by atoms with Gasteiger partial charge in [0.2, 0.25) is 5.91 Å². The van der Waals surface area contributed by atoms with Crippen LogP contribution in [0.25, 0.3) is 0 Å². The van der Waals surface area contributed by atoms with Gasteiger partial charge in [0.05, 0.1) is 5.41 Å². The maximum atomic E-state index is 11.8. The van der Waals surface area contributed by atoms with Crippen molar-refractivity contribution in [1.82, 2.24) is 5.32 Å². The molecule has 1 saturated carbocycles. The van der Waals surface area contributed by atoms with E-state index in [1.807, 2.05) is 24.3 Å². The zero-order valence-corrected chi connectivity index (χ0v) is 11.2. The highest BCUT2D eigenvalue weighted by molar-refractivity contribution is 14.1. The number of benzene rings is 1. The van der Waals surface area contributed by atoms with E-state index in [1.54, 1.807) is 4.90 Å². The molecular weight excluding hydrogens is 331 g/mol. The summed E-state index contributed by atoms with van der Waals surface area (Å²) in [5, 5.41) is 2.44. The van der Waals surface area contributed by atoms with Gasteiger partial charge >= 0.3 is 6.03 Å². The first-order chi connectivity index (χ1) is 8.11. The lowest BCUT2D eigenvalue weighted by Crippen LogP contribution is -2.55. The summed E-state index contributed by atoms with van der Waals surface area (Å²) in [7, 11) is 0. The quantitative estimate of drug-likeness (QED) is 0.795. The van der Waals surface area contributed by atoms with Crippen LogP contribution in [0.1, 0.15) is 12.8 Å². The minimum absolute atomic E-state index is 0.107. The van der Waals surface area contributed by atoms with E-state index in [0.29, 0.717) is 6.54 Å². The van der Waals surface area contributed by atoms with Gasteiger partial charge in [-0.15, -0.1) is 0 Å². The second-order valence-corrected chi connectivity index (χ2v) is 5.85. The van der Waals surface area contributed by atoms with Gasteiger partial charge in [-0.25, -0.2) is 4.79 Å². The molecule has 0 aromatic heterocycles. The van der Waals surface area contributed by atoms with Crippen LogP contribution < -0.4 is 10.2 Å². The zero-order valence-electron chi connectivity index (χ0n) is 9.07. The number of carbonyl (C=O) groups excluding carboxylic acids is 2. The van der Waals surface area contributed by atoms with E-state index in [1.165, 1.54) is 0 Å². The second kappa shape index (κ2) is 3.69. The van der Waals surface area contributed by atoms with E-state index in [4.69, 9.17) is 0 Å². The Labute approximate surface area is 113 Å². The van der Waals surface area contributed by atoms with Gasteiger partial charge in [0.25, 0.3) is 0 Å². The molecule has 1 aromatic carbocycles. The fourth-order valence-corrected chi connectivity index (χ4v) is 2.47.